The van der Waals surface area contributed by atoms with E-state index in [0.29, 0.717) is 25.0 Å². The maximum atomic E-state index is 12.9. The topological polar surface area (TPSA) is 69.6 Å². The first kappa shape index (κ1) is 21.1. The van der Waals surface area contributed by atoms with Gasteiger partial charge in [-0.3, -0.25) is 4.79 Å². The van der Waals surface area contributed by atoms with Gasteiger partial charge in [-0.25, -0.2) is 8.87 Å². The Morgan fingerprint density at radius 3 is 2.46 bits per heavy atom. The van der Waals surface area contributed by atoms with Crippen LogP contribution >= 0.6 is 0 Å². The molecule has 2 fully saturated rings. The molecule has 2 unspecified atom stereocenters. The molecule has 0 bridgehead atoms. The summed E-state index contributed by atoms with van der Waals surface area (Å²) in [4.78, 5) is 26.3. The van der Waals surface area contributed by atoms with Crippen LogP contribution in [0, 0.1) is 11.8 Å². The van der Waals surface area contributed by atoms with Gasteiger partial charge >= 0.3 is 6.09 Å². The second kappa shape index (κ2) is 9.65. The SMILES string of the molecule is CC(C)CNC(=O)C1CCN(C2CCC[N+](CCF)(C(=O)O)CC2)CC1. The molecule has 2 rings (SSSR count). The maximum absolute atomic E-state index is 12.9. The Balaban J connectivity index is 1.84. The summed E-state index contributed by atoms with van der Waals surface area (Å²) in [6.07, 6.45) is 3.39. The lowest BCUT2D eigenvalue weighted by Gasteiger charge is -2.37. The number of piperidine rings is 1. The van der Waals surface area contributed by atoms with E-state index in [4.69, 9.17) is 0 Å². The van der Waals surface area contributed by atoms with Gasteiger partial charge in [0.05, 0.1) is 13.1 Å². The number of carboxylic acid groups (broad SMARTS) is 1. The Hall–Kier alpha value is -1.21. The maximum Gasteiger partial charge on any atom is 0.513 e. The Labute approximate surface area is 156 Å². The zero-order valence-electron chi connectivity index (χ0n) is 16.3. The summed E-state index contributed by atoms with van der Waals surface area (Å²) in [5, 5.41) is 12.6. The lowest BCUT2D eigenvalue weighted by molar-refractivity contribution is -0.856. The Bertz CT molecular complexity index is 481. The van der Waals surface area contributed by atoms with Crippen LogP contribution in [0.25, 0.3) is 0 Å². The molecular weight excluding hydrogens is 337 g/mol. The molecule has 0 spiro atoms. The first-order chi connectivity index (χ1) is 12.4. The zero-order valence-corrected chi connectivity index (χ0v) is 16.3. The van der Waals surface area contributed by atoms with Gasteiger partial charge < -0.3 is 15.3 Å². The molecule has 0 saturated carbocycles. The van der Waals surface area contributed by atoms with E-state index in [1.165, 1.54) is 0 Å². The third-order valence-electron chi connectivity index (χ3n) is 6.03. The number of hydrogen-bond donors (Lipinski definition) is 2. The normalized spacial score (nSPS) is 28.7. The third-order valence-corrected chi connectivity index (χ3v) is 6.03. The molecule has 0 aliphatic carbocycles. The molecular formula is C19H35FN3O3+. The van der Waals surface area contributed by atoms with Gasteiger partial charge in [-0.2, -0.15) is 4.79 Å². The van der Waals surface area contributed by atoms with E-state index in [-0.39, 0.29) is 22.9 Å². The predicted molar refractivity (Wildman–Crippen MR) is 98.6 cm³/mol. The van der Waals surface area contributed by atoms with E-state index in [2.05, 4.69) is 24.1 Å². The molecule has 0 radical (unpaired) electrons. The number of halogens is 1. The molecule has 2 N–H and O–H groups in total. The van der Waals surface area contributed by atoms with Gasteiger partial charge in [0.1, 0.15) is 13.2 Å². The lowest BCUT2D eigenvalue weighted by Crippen LogP contribution is -2.54. The Kier molecular flexibility index (Phi) is 7.83. The van der Waals surface area contributed by atoms with Gasteiger partial charge in [0, 0.05) is 24.9 Å². The fourth-order valence-corrected chi connectivity index (χ4v) is 4.30. The minimum absolute atomic E-state index is 0.0696. The molecule has 6 nitrogen and oxygen atoms in total. The van der Waals surface area contributed by atoms with Crippen molar-refractivity contribution >= 4 is 12.0 Å². The predicted octanol–water partition coefficient (Wildman–Crippen LogP) is 2.49. The first-order valence-corrected chi connectivity index (χ1v) is 10.1. The van der Waals surface area contributed by atoms with Crippen LogP contribution in [0.5, 0.6) is 0 Å². The Morgan fingerprint density at radius 1 is 1.19 bits per heavy atom. The third kappa shape index (κ3) is 5.39. The van der Waals surface area contributed by atoms with E-state index in [1.54, 1.807) is 0 Å². The number of alkyl halides is 1. The fourth-order valence-electron chi connectivity index (χ4n) is 4.30. The summed E-state index contributed by atoms with van der Waals surface area (Å²) < 4.78 is 12.7. The molecule has 2 atom stereocenters. The molecule has 2 aliphatic rings. The van der Waals surface area contributed by atoms with Crippen molar-refractivity contribution in [2.75, 3.05) is 45.9 Å². The highest BCUT2D eigenvalue weighted by atomic mass is 19.1. The van der Waals surface area contributed by atoms with E-state index >= 15 is 0 Å². The van der Waals surface area contributed by atoms with Crippen molar-refractivity contribution in [1.82, 2.24) is 10.2 Å². The number of hydrogen-bond acceptors (Lipinski definition) is 3. The van der Waals surface area contributed by atoms with Crippen molar-refractivity contribution in [1.29, 1.82) is 0 Å². The van der Waals surface area contributed by atoms with Gasteiger partial charge in [-0.1, -0.05) is 13.8 Å². The van der Waals surface area contributed by atoms with Crippen molar-refractivity contribution in [3.8, 4) is 0 Å². The molecule has 0 aromatic carbocycles. The van der Waals surface area contributed by atoms with Crippen LogP contribution < -0.4 is 5.32 Å². The highest BCUT2D eigenvalue weighted by molar-refractivity contribution is 5.78. The number of quaternary nitrogens is 1. The smallest absolute Gasteiger partial charge is 0.435 e. The second-order valence-electron chi connectivity index (χ2n) is 8.32. The monoisotopic (exact) mass is 372 g/mol. The molecule has 2 aliphatic heterocycles. The van der Waals surface area contributed by atoms with Crippen LogP contribution in [0.15, 0.2) is 0 Å². The molecule has 2 saturated heterocycles. The van der Waals surface area contributed by atoms with Crippen molar-refractivity contribution < 1.29 is 23.6 Å². The van der Waals surface area contributed by atoms with E-state index in [1.807, 2.05) is 0 Å². The average molecular weight is 373 g/mol. The highest BCUT2D eigenvalue weighted by Gasteiger charge is 2.40. The van der Waals surface area contributed by atoms with Crippen molar-refractivity contribution in [2.45, 2.75) is 52.0 Å². The van der Waals surface area contributed by atoms with Crippen LogP contribution in [0.4, 0.5) is 9.18 Å². The van der Waals surface area contributed by atoms with E-state index in [0.717, 1.165) is 51.7 Å². The largest absolute Gasteiger partial charge is 0.513 e. The molecule has 26 heavy (non-hydrogen) atoms. The van der Waals surface area contributed by atoms with Crippen molar-refractivity contribution in [3.05, 3.63) is 0 Å². The van der Waals surface area contributed by atoms with Gasteiger partial charge in [0.25, 0.3) is 0 Å². The first-order valence-electron chi connectivity index (χ1n) is 10.1. The van der Waals surface area contributed by atoms with E-state index in [9.17, 15) is 19.1 Å². The lowest BCUT2D eigenvalue weighted by atomic mass is 9.93. The van der Waals surface area contributed by atoms with Crippen molar-refractivity contribution in [2.24, 2.45) is 11.8 Å². The summed E-state index contributed by atoms with van der Waals surface area (Å²) in [5.74, 6) is 0.724. The fraction of sp³-hybridized carbons (Fsp3) is 0.895. The molecule has 2 heterocycles. The molecule has 0 aromatic heterocycles. The number of nitrogens with zero attached hydrogens (tertiary/aromatic N) is 2. The number of carbonyl (C=O) groups excluding carboxylic acids is 1. The van der Waals surface area contributed by atoms with Gasteiger partial charge in [0.2, 0.25) is 5.91 Å². The number of likely N-dealkylation sites (tertiary alicyclic amines) is 2. The number of amides is 2. The summed E-state index contributed by atoms with van der Waals surface area (Å²) in [6, 6.07) is 0.355. The highest BCUT2D eigenvalue weighted by Crippen LogP contribution is 2.27. The molecule has 7 heteroatoms. The number of nitrogens with one attached hydrogen (secondary N) is 1. The van der Waals surface area contributed by atoms with Crippen LogP contribution in [0.2, 0.25) is 0 Å². The summed E-state index contributed by atoms with van der Waals surface area (Å²) in [6.45, 7) is 7.18. The minimum atomic E-state index is -0.899. The van der Waals surface area contributed by atoms with E-state index < -0.39 is 12.8 Å². The number of carbonyl (C=O) groups is 2. The average Bonchev–Trinajstić information content (AvgIpc) is 2.84. The van der Waals surface area contributed by atoms with Gasteiger partial charge in [-0.15, -0.1) is 0 Å². The van der Waals surface area contributed by atoms with Crippen molar-refractivity contribution in [3.63, 3.8) is 0 Å². The standard InChI is InChI=1S/C19H34FN3O3/c1-15(2)14-21-18(24)16-5-9-22(10-6-16)17-4-3-11-23(12-7-17,13-8-20)19(25)26/h15-17H,3-14H2,1-2H3,(H-,21,24,25,26)/p+1. The Morgan fingerprint density at radius 2 is 1.88 bits per heavy atom. The molecule has 2 amide bonds. The summed E-state index contributed by atoms with van der Waals surface area (Å²) in [5.41, 5.74) is 0. The van der Waals surface area contributed by atoms with Crippen LogP contribution in [0.3, 0.4) is 0 Å². The molecule has 0 aromatic rings. The second-order valence-corrected chi connectivity index (χ2v) is 8.32. The zero-order chi connectivity index (χ0) is 19.2. The van der Waals surface area contributed by atoms with Crippen LogP contribution in [-0.2, 0) is 4.79 Å². The van der Waals surface area contributed by atoms with Crippen LogP contribution in [0.1, 0.15) is 46.0 Å². The van der Waals surface area contributed by atoms with Gasteiger partial charge in [0.15, 0.2) is 0 Å². The molecule has 150 valence electrons. The quantitative estimate of drug-likeness (QED) is 0.703. The summed E-state index contributed by atoms with van der Waals surface area (Å²) in [7, 11) is 0. The number of rotatable bonds is 6. The van der Waals surface area contributed by atoms with Crippen LogP contribution in [-0.4, -0.2) is 78.5 Å². The van der Waals surface area contributed by atoms with Gasteiger partial charge in [-0.05, 0) is 44.7 Å². The summed E-state index contributed by atoms with van der Waals surface area (Å²) >= 11 is 0. The minimum Gasteiger partial charge on any atom is -0.435 e.